The lowest BCUT2D eigenvalue weighted by Gasteiger charge is -2.20. The van der Waals surface area contributed by atoms with Crippen molar-refractivity contribution < 1.29 is 28.2 Å². The van der Waals surface area contributed by atoms with Crippen LogP contribution in [0.2, 0.25) is 0 Å². The summed E-state index contributed by atoms with van der Waals surface area (Å²) in [6.45, 7) is 4.43. The lowest BCUT2D eigenvalue weighted by Crippen LogP contribution is -2.40. The van der Waals surface area contributed by atoms with Crippen molar-refractivity contribution in [3.05, 3.63) is 16.0 Å². The number of aliphatic carboxylic acids is 1. The first-order valence-corrected chi connectivity index (χ1v) is 9.76. The highest BCUT2D eigenvalue weighted by atomic mass is 32.2. The Morgan fingerprint density at radius 3 is 2.54 bits per heavy atom. The van der Waals surface area contributed by atoms with Crippen LogP contribution < -0.4 is 10.0 Å². The Morgan fingerprint density at radius 2 is 2.00 bits per heavy atom. The van der Waals surface area contributed by atoms with E-state index in [1.54, 1.807) is 13.8 Å². The van der Waals surface area contributed by atoms with Gasteiger partial charge in [0.25, 0.3) is 10.0 Å². The van der Waals surface area contributed by atoms with Gasteiger partial charge in [-0.15, -0.1) is 11.3 Å². The van der Waals surface area contributed by atoms with E-state index in [1.165, 1.54) is 0 Å². The molecular weight excluding hydrogens is 356 g/mol. The molecule has 4 N–H and O–H groups in total. The van der Waals surface area contributed by atoms with E-state index in [0.717, 1.165) is 11.3 Å². The van der Waals surface area contributed by atoms with Crippen LogP contribution in [0.5, 0.6) is 0 Å². The van der Waals surface area contributed by atoms with Crippen LogP contribution in [0.25, 0.3) is 0 Å². The molecule has 0 bridgehead atoms. The van der Waals surface area contributed by atoms with Crippen LogP contribution in [0.4, 0.5) is 0 Å². The molecule has 1 atom stereocenters. The van der Waals surface area contributed by atoms with E-state index in [4.69, 9.17) is 5.11 Å². The fourth-order valence-electron chi connectivity index (χ4n) is 2.57. The number of aromatic carboxylic acids is 1. The van der Waals surface area contributed by atoms with Gasteiger partial charge in [-0.25, -0.2) is 17.9 Å². The Hall–Kier alpha value is -1.49. The minimum absolute atomic E-state index is 0.193. The summed E-state index contributed by atoms with van der Waals surface area (Å²) < 4.78 is 27.5. The van der Waals surface area contributed by atoms with Crippen LogP contribution in [-0.4, -0.2) is 43.2 Å². The molecule has 8 nitrogen and oxygen atoms in total. The predicted octanol–water partition coefficient (Wildman–Crippen LogP) is 0.870. The number of carboxylic acid groups (broad SMARTS) is 2. The zero-order chi connectivity index (χ0) is 18.1. The Morgan fingerprint density at radius 1 is 1.33 bits per heavy atom. The average Bonchev–Trinajstić information content (AvgIpc) is 2.86. The van der Waals surface area contributed by atoms with Gasteiger partial charge in [0.05, 0.1) is 12.0 Å². The number of hydrogen-bond donors (Lipinski definition) is 4. The van der Waals surface area contributed by atoms with Crippen molar-refractivity contribution in [1.29, 1.82) is 0 Å². The number of carboxylic acids is 2. The highest BCUT2D eigenvalue weighted by Crippen LogP contribution is 2.34. The van der Waals surface area contributed by atoms with Gasteiger partial charge < -0.3 is 15.5 Å². The van der Waals surface area contributed by atoms with E-state index in [0.29, 0.717) is 30.0 Å². The predicted molar refractivity (Wildman–Crippen MR) is 87.9 cm³/mol. The van der Waals surface area contributed by atoms with Crippen LogP contribution >= 0.6 is 11.3 Å². The molecule has 0 aromatic carbocycles. The van der Waals surface area contributed by atoms with Gasteiger partial charge >= 0.3 is 11.9 Å². The van der Waals surface area contributed by atoms with Crippen molar-refractivity contribution in [2.75, 3.05) is 6.54 Å². The molecule has 1 aromatic rings. The number of sulfonamides is 1. The lowest BCUT2D eigenvalue weighted by molar-refractivity contribution is -0.137. The third-order valence-corrected chi connectivity index (χ3v) is 7.10. The third-order valence-electron chi connectivity index (χ3n) is 3.86. The van der Waals surface area contributed by atoms with Crippen molar-refractivity contribution in [3.8, 4) is 0 Å². The van der Waals surface area contributed by atoms with E-state index in [9.17, 15) is 23.1 Å². The van der Waals surface area contributed by atoms with Gasteiger partial charge in [0.1, 0.15) is 4.21 Å². The Bertz CT molecular complexity index is 754. The third kappa shape index (κ3) is 3.94. The second kappa shape index (κ2) is 7.18. The Kier molecular flexibility index (Phi) is 5.63. The molecule has 1 aromatic heterocycles. The zero-order valence-electron chi connectivity index (χ0n) is 13.3. The Labute approximate surface area is 143 Å². The van der Waals surface area contributed by atoms with Crippen LogP contribution in [0, 0.1) is 5.92 Å². The second-order valence-electron chi connectivity index (χ2n) is 5.97. The van der Waals surface area contributed by atoms with E-state index >= 15 is 0 Å². The second-order valence-corrected chi connectivity index (χ2v) is 8.98. The van der Waals surface area contributed by atoms with Crippen molar-refractivity contribution in [2.45, 2.75) is 43.5 Å². The normalized spacial score (nSPS) is 16.0. The minimum Gasteiger partial charge on any atom is -0.481 e. The standard InChI is InChI=1S/C14H20N2O6S2/c1-7(2)9(5-11(17)18)16-24(21,22)14-12(13(19)20)8-3-4-15-6-10(8)23-14/h7,9,15-16H,3-6H2,1-2H3,(H,17,18)(H,19,20)/t9-/m1/s1. The maximum atomic E-state index is 12.7. The molecule has 1 aliphatic heterocycles. The smallest absolute Gasteiger partial charge is 0.338 e. The zero-order valence-corrected chi connectivity index (χ0v) is 15.0. The summed E-state index contributed by atoms with van der Waals surface area (Å²) >= 11 is 0.929. The molecule has 0 saturated heterocycles. The number of nitrogens with one attached hydrogen (secondary N) is 2. The molecule has 2 rings (SSSR count). The highest BCUT2D eigenvalue weighted by molar-refractivity contribution is 7.91. The molecule has 0 aliphatic carbocycles. The quantitative estimate of drug-likeness (QED) is 0.555. The Balaban J connectivity index is 2.43. The van der Waals surface area contributed by atoms with Gasteiger partial charge in [-0.05, 0) is 24.4 Å². The molecule has 10 heteroatoms. The maximum Gasteiger partial charge on any atom is 0.338 e. The monoisotopic (exact) mass is 376 g/mol. The lowest BCUT2D eigenvalue weighted by atomic mass is 10.0. The van der Waals surface area contributed by atoms with Gasteiger partial charge in [0.15, 0.2) is 0 Å². The van der Waals surface area contributed by atoms with Crippen LogP contribution in [0.3, 0.4) is 0 Å². The first kappa shape index (κ1) is 18.8. The van der Waals surface area contributed by atoms with Gasteiger partial charge in [0, 0.05) is 17.5 Å². The van der Waals surface area contributed by atoms with Crippen molar-refractivity contribution >= 4 is 33.3 Å². The summed E-state index contributed by atoms with van der Waals surface area (Å²) in [7, 11) is -4.12. The molecule has 0 saturated carbocycles. The molecule has 0 amide bonds. The molecular formula is C14H20N2O6S2. The largest absolute Gasteiger partial charge is 0.481 e. The van der Waals surface area contributed by atoms with E-state index in [2.05, 4.69) is 10.0 Å². The topological polar surface area (TPSA) is 133 Å². The number of hydrogen-bond acceptors (Lipinski definition) is 6. The van der Waals surface area contributed by atoms with E-state index < -0.39 is 28.0 Å². The molecule has 0 radical (unpaired) electrons. The van der Waals surface area contributed by atoms with Crippen molar-refractivity contribution in [2.24, 2.45) is 5.92 Å². The van der Waals surface area contributed by atoms with Crippen molar-refractivity contribution in [3.63, 3.8) is 0 Å². The van der Waals surface area contributed by atoms with Crippen LogP contribution in [0.15, 0.2) is 4.21 Å². The van der Waals surface area contributed by atoms with Gasteiger partial charge in [-0.3, -0.25) is 4.79 Å². The first-order chi connectivity index (χ1) is 11.1. The minimum atomic E-state index is -4.12. The summed E-state index contributed by atoms with van der Waals surface area (Å²) in [5.74, 6) is -2.65. The number of rotatable bonds is 7. The van der Waals surface area contributed by atoms with Crippen LogP contribution in [0.1, 0.15) is 41.1 Å². The summed E-state index contributed by atoms with van der Waals surface area (Å²) in [5.41, 5.74) is 0.354. The number of thiophene rings is 1. The summed E-state index contributed by atoms with van der Waals surface area (Å²) in [6, 6.07) is -0.814. The van der Waals surface area contributed by atoms with Crippen LogP contribution in [-0.2, 0) is 27.8 Å². The molecule has 0 spiro atoms. The van der Waals surface area contributed by atoms with Crippen molar-refractivity contribution in [1.82, 2.24) is 10.0 Å². The maximum absolute atomic E-state index is 12.7. The van der Waals surface area contributed by atoms with E-state index in [-0.39, 0.29) is 22.1 Å². The fourth-order valence-corrected chi connectivity index (χ4v) is 5.83. The highest BCUT2D eigenvalue weighted by Gasteiger charge is 2.34. The fraction of sp³-hybridized carbons (Fsp3) is 0.571. The number of carbonyl (C=O) groups is 2. The molecule has 2 heterocycles. The van der Waals surface area contributed by atoms with E-state index in [1.807, 2.05) is 0 Å². The summed E-state index contributed by atoms with van der Waals surface area (Å²) in [5, 5.41) is 21.5. The molecule has 0 fully saturated rings. The molecule has 1 aliphatic rings. The number of fused-ring (bicyclic) bond motifs is 1. The molecule has 24 heavy (non-hydrogen) atoms. The van der Waals surface area contributed by atoms with Gasteiger partial charge in [-0.1, -0.05) is 13.8 Å². The summed E-state index contributed by atoms with van der Waals surface area (Å²) in [6.07, 6.45) is 0.0810. The van der Waals surface area contributed by atoms with Gasteiger partial charge in [0.2, 0.25) is 0 Å². The first-order valence-electron chi connectivity index (χ1n) is 7.46. The van der Waals surface area contributed by atoms with Gasteiger partial charge in [-0.2, -0.15) is 0 Å². The molecule has 0 unspecified atom stereocenters. The molecule has 134 valence electrons. The average molecular weight is 376 g/mol. The summed E-state index contributed by atoms with van der Waals surface area (Å²) in [4.78, 5) is 23.2. The SMILES string of the molecule is CC(C)[C@@H](CC(=O)O)NS(=O)(=O)c1sc2c(c1C(=O)O)CCNC2.